The van der Waals surface area contributed by atoms with E-state index in [2.05, 4.69) is 21.9 Å². The number of ether oxygens (including phenoxy) is 2. The Morgan fingerprint density at radius 3 is 2.76 bits per heavy atom. The lowest BCUT2D eigenvalue weighted by Crippen LogP contribution is -2.45. The van der Waals surface area contributed by atoms with E-state index in [0.29, 0.717) is 0 Å². The number of hydrogen-bond donors (Lipinski definition) is 1. The summed E-state index contributed by atoms with van der Waals surface area (Å²) < 4.78 is 36.0. The molecule has 0 saturated carbocycles. The molecule has 116 valence electrons. The maximum atomic E-state index is 13.3. The van der Waals surface area contributed by atoms with Crippen molar-refractivity contribution in [3.63, 3.8) is 0 Å². The largest absolute Gasteiger partial charge is 0.586 e. The summed E-state index contributed by atoms with van der Waals surface area (Å²) in [7, 11) is 0. The summed E-state index contributed by atoms with van der Waals surface area (Å²) in [5.41, 5.74) is 0.799. The van der Waals surface area contributed by atoms with Crippen molar-refractivity contribution in [1.29, 1.82) is 0 Å². The molecule has 0 unspecified atom stereocenters. The first-order valence-corrected chi connectivity index (χ1v) is 7.44. The topological polar surface area (TPSA) is 33.7 Å². The van der Waals surface area contributed by atoms with E-state index in [1.54, 1.807) is 6.07 Å². The van der Waals surface area contributed by atoms with E-state index in [0.717, 1.165) is 44.6 Å². The molecule has 0 radical (unpaired) electrons. The van der Waals surface area contributed by atoms with Gasteiger partial charge in [0, 0.05) is 37.8 Å². The molecule has 6 heteroatoms. The Bertz CT molecular complexity index is 504. The first kappa shape index (κ1) is 14.5. The molecule has 4 nitrogen and oxygen atoms in total. The van der Waals surface area contributed by atoms with Gasteiger partial charge in [-0.15, -0.1) is 8.78 Å². The molecule has 0 aliphatic carbocycles. The molecular weight excluding hydrogens is 278 g/mol. The third-order valence-electron chi connectivity index (χ3n) is 3.97. The highest BCUT2D eigenvalue weighted by Gasteiger charge is 2.45. The number of fused-ring (bicyclic) bond motifs is 1. The quantitative estimate of drug-likeness (QED) is 0.927. The molecule has 0 amide bonds. The lowest BCUT2D eigenvalue weighted by atomic mass is 9.98. The van der Waals surface area contributed by atoms with Gasteiger partial charge in [0.25, 0.3) is 0 Å². The van der Waals surface area contributed by atoms with E-state index < -0.39 is 6.29 Å². The van der Waals surface area contributed by atoms with Gasteiger partial charge in [-0.05, 0) is 12.5 Å². The van der Waals surface area contributed by atoms with E-state index >= 15 is 0 Å². The van der Waals surface area contributed by atoms with E-state index in [-0.39, 0.29) is 17.5 Å². The number of hydrogen-bond acceptors (Lipinski definition) is 4. The molecule has 2 aliphatic rings. The molecule has 3 rings (SSSR count). The Kier molecular flexibility index (Phi) is 3.99. The minimum Gasteiger partial charge on any atom is -0.395 e. The third kappa shape index (κ3) is 2.96. The molecule has 1 aromatic rings. The zero-order valence-electron chi connectivity index (χ0n) is 12.1. The van der Waals surface area contributed by atoms with Gasteiger partial charge < -0.3 is 14.8 Å². The fraction of sp³-hybridized carbons (Fsp3) is 0.600. The van der Waals surface area contributed by atoms with Gasteiger partial charge in [0.1, 0.15) is 0 Å². The van der Waals surface area contributed by atoms with Gasteiger partial charge in [0.05, 0.1) is 0 Å². The van der Waals surface area contributed by atoms with Crippen molar-refractivity contribution in [3.05, 3.63) is 23.8 Å². The van der Waals surface area contributed by atoms with Gasteiger partial charge in [-0.3, -0.25) is 4.90 Å². The fourth-order valence-electron chi connectivity index (χ4n) is 3.05. The smallest absolute Gasteiger partial charge is 0.395 e. The summed E-state index contributed by atoms with van der Waals surface area (Å²) in [5, 5.41) is 3.31. The van der Waals surface area contributed by atoms with Crippen LogP contribution in [0.5, 0.6) is 11.5 Å². The Morgan fingerprint density at radius 1 is 1.29 bits per heavy atom. The van der Waals surface area contributed by atoms with Crippen LogP contribution in [0.2, 0.25) is 0 Å². The molecule has 2 aliphatic heterocycles. The van der Waals surface area contributed by atoms with Crippen molar-refractivity contribution < 1.29 is 18.3 Å². The summed E-state index contributed by atoms with van der Waals surface area (Å²) in [6.45, 7) is 5.76. The predicted octanol–water partition coefficient (Wildman–Crippen LogP) is 2.75. The van der Waals surface area contributed by atoms with Crippen LogP contribution in [-0.2, 0) is 0 Å². The standard InChI is InChI=1S/C15H20F2N2O2/c1-2-4-12(19-9-7-18-8-10-19)11-5-3-6-13-14(11)21-15(16,17)20-13/h3,5-6,12,18H,2,4,7-10H2,1H3/t12-/m0/s1. The van der Waals surface area contributed by atoms with Crippen LogP contribution in [0.15, 0.2) is 18.2 Å². The van der Waals surface area contributed by atoms with Gasteiger partial charge in [0.15, 0.2) is 11.5 Å². The summed E-state index contributed by atoms with van der Waals surface area (Å²) in [6.07, 6.45) is -1.67. The maximum Gasteiger partial charge on any atom is 0.586 e. The fourth-order valence-corrected chi connectivity index (χ4v) is 3.05. The van der Waals surface area contributed by atoms with E-state index in [9.17, 15) is 8.78 Å². The molecule has 0 spiro atoms. The van der Waals surface area contributed by atoms with Gasteiger partial charge in [0.2, 0.25) is 0 Å². The zero-order valence-corrected chi connectivity index (χ0v) is 12.1. The summed E-state index contributed by atoms with van der Waals surface area (Å²) in [6, 6.07) is 5.24. The Hall–Kier alpha value is -1.40. The molecule has 1 fully saturated rings. The van der Waals surface area contributed by atoms with Gasteiger partial charge in [-0.2, -0.15) is 0 Å². The zero-order chi connectivity index (χ0) is 14.9. The van der Waals surface area contributed by atoms with Crippen LogP contribution in [0.25, 0.3) is 0 Å². The average molecular weight is 298 g/mol. The van der Waals surface area contributed by atoms with Crippen molar-refractivity contribution in [2.75, 3.05) is 26.2 Å². The molecule has 0 bridgehead atoms. The summed E-state index contributed by atoms with van der Waals surface area (Å²) in [4.78, 5) is 2.33. The minimum atomic E-state index is -3.56. The average Bonchev–Trinajstić information content (AvgIpc) is 2.79. The number of halogens is 2. The monoisotopic (exact) mass is 298 g/mol. The predicted molar refractivity (Wildman–Crippen MR) is 74.7 cm³/mol. The molecule has 2 heterocycles. The number of para-hydroxylation sites is 1. The number of nitrogens with zero attached hydrogens (tertiary/aromatic N) is 1. The number of alkyl halides is 2. The number of benzene rings is 1. The van der Waals surface area contributed by atoms with E-state index in [1.165, 1.54) is 6.07 Å². The van der Waals surface area contributed by atoms with Crippen LogP contribution in [-0.4, -0.2) is 37.4 Å². The van der Waals surface area contributed by atoms with Crippen LogP contribution in [0, 0.1) is 0 Å². The second-order valence-electron chi connectivity index (χ2n) is 5.43. The summed E-state index contributed by atoms with van der Waals surface area (Å²) in [5.74, 6) is 0.327. The molecule has 1 saturated heterocycles. The van der Waals surface area contributed by atoms with Crippen molar-refractivity contribution in [2.45, 2.75) is 32.1 Å². The SMILES string of the molecule is CCC[C@@H](c1cccc2c1OC(F)(F)O2)N1CCNCC1. The highest BCUT2D eigenvalue weighted by atomic mass is 19.3. The molecule has 21 heavy (non-hydrogen) atoms. The number of piperazine rings is 1. The molecule has 1 N–H and O–H groups in total. The Balaban J connectivity index is 1.92. The lowest BCUT2D eigenvalue weighted by Gasteiger charge is -2.35. The molecule has 0 aromatic heterocycles. The first-order valence-electron chi connectivity index (χ1n) is 7.44. The van der Waals surface area contributed by atoms with Crippen molar-refractivity contribution >= 4 is 0 Å². The van der Waals surface area contributed by atoms with Crippen LogP contribution >= 0.6 is 0 Å². The highest BCUT2D eigenvalue weighted by Crippen LogP contribution is 2.46. The van der Waals surface area contributed by atoms with Gasteiger partial charge >= 0.3 is 6.29 Å². The lowest BCUT2D eigenvalue weighted by molar-refractivity contribution is -0.287. The maximum absolute atomic E-state index is 13.3. The van der Waals surface area contributed by atoms with Crippen LogP contribution in [0.1, 0.15) is 31.4 Å². The van der Waals surface area contributed by atoms with Crippen molar-refractivity contribution in [2.24, 2.45) is 0 Å². The highest BCUT2D eigenvalue weighted by molar-refractivity contribution is 5.50. The van der Waals surface area contributed by atoms with E-state index in [1.807, 2.05) is 6.07 Å². The molecule has 1 aromatic carbocycles. The Labute approximate surface area is 123 Å². The first-order chi connectivity index (χ1) is 10.1. The number of rotatable bonds is 4. The Morgan fingerprint density at radius 2 is 2.05 bits per heavy atom. The van der Waals surface area contributed by atoms with E-state index in [4.69, 9.17) is 4.74 Å². The van der Waals surface area contributed by atoms with Crippen molar-refractivity contribution in [3.8, 4) is 11.5 Å². The van der Waals surface area contributed by atoms with Crippen LogP contribution < -0.4 is 14.8 Å². The van der Waals surface area contributed by atoms with Crippen LogP contribution in [0.4, 0.5) is 8.78 Å². The minimum absolute atomic E-state index is 0.0875. The number of nitrogens with one attached hydrogen (secondary N) is 1. The van der Waals surface area contributed by atoms with Gasteiger partial charge in [-0.1, -0.05) is 25.5 Å². The van der Waals surface area contributed by atoms with Gasteiger partial charge in [-0.25, -0.2) is 0 Å². The van der Waals surface area contributed by atoms with Crippen molar-refractivity contribution in [1.82, 2.24) is 10.2 Å². The van der Waals surface area contributed by atoms with Crippen LogP contribution in [0.3, 0.4) is 0 Å². The molecular formula is C15H20F2N2O2. The normalized spacial score (nSPS) is 22.2. The second kappa shape index (κ2) is 5.77. The second-order valence-corrected chi connectivity index (χ2v) is 5.43. The molecule has 1 atom stereocenters. The third-order valence-corrected chi connectivity index (χ3v) is 3.97. The summed E-state index contributed by atoms with van der Waals surface area (Å²) >= 11 is 0.